The number of pyridine rings is 2. The second-order valence-electron chi connectivity index (χ2n) is 4.62. The van der Waals surface area contributed by atoms with Crippen molar-refractivity contribution in [3.63, 3.8) is 0 Å². The first kappa shape index (κ1) is 13.8. The van der Waals surface area contributed by atoms with Gasteiger partial charge in [0.1, 0.15) is 17.1 Å². The van der Waals surface area contributed by atoms with Gasteiger partial charge in [-0.25, -0.2) is 9.78 Å². The molecular formula is C16H13N3O3. The molecule has 110 valence electrons. The van der Waals surface area contributed by atoms with Crippen molar-refractivity contribution in [2.24, 2.45) is 0 Å². The highest BCUT2D eigenvalue weighted by molar-refractivity contribution is 5.99. The fourth-order valence-corrected chi connectivity index (χ4v) is 2.11. The predicted octanol–water partition coefficient (Wildman–Crippen LogP) is 3.08. The minimum Gasteiger partial charge on any atom is -0.497 e. The zero-order valence-corrected chi connectivity index (χ0v) is 11.8. The Morgan fingerprint density at radius 3 is 2.82 bits per heavy atom. The maximum atomic E-state index is 11.5. The van der Waals surface area contributed by atoms with Gasteiger partial charge in [0.2, 0.25) is 0 Å². The summed E-state index contributed by atoms with van der Waals surface area (Å²) in [6.45, 7) is 0. The van der Waals surface area contributed by atoms with Gasteiger partial charge in [0.25, 0.3) is 0 Å². The number of ether oxygens (including phenoxy) is 1. The van der Waals surface area contributed by atoms with Crippen LogP contribution in [-0.2, 0) is 0 Å². The van der Waals surface area contributed by atoms with Crippen LogP contribution in [0.25, 0.3) is 10.9 Å². The van der Waals surface area contributed by atoms with E-state index in [1.165, 1.54) is 0 Å². The molecule has 0 aliphatic rings. The van der Waals surface area contributed by atoms with Crippen LogP contribution in [0, 0.1) is 0 Å². The Bertz CT molecular complexity index is 835. The van der Waals surface area contributed by atoms with Gasteiger partial charge in [0, 0.05) is 17.6 Å². The molecule has 0 fully saturated rings. The van der Waals surface area contributed by atoms with E-state index in [9.17, 15) is 9.90 Å². The number of fused-ring (bicyclic) bond motifs is 1. The molecule has 0 aliphatic carbocycles. The van der Waals surface area contributed by atoms with E-state index in [4.69, 9.17) is 4.74 Å². The number of carboxylic acid groups (broad SMARTS) is 1. The summed E-state index contributed by atoms with van der Waals surface area (Å²) >= 11 is 0. The Morgan fingerprint density at radius 2 is 2.14 bits per heavy atom. The molecule has 0 radical (unpaired) electrons. The Morgan fingerprint density at radius 1 is 1.27 bits per heavy atom. The molecule has 0 amide bonds. The van der Waals surface area contributed by atoms with Crippen LogP contribution in [-0.4, -0.2) is 28.2 Å². The van der Waals surface area contributed by atoms with E-state index in [2.05, 4.69) is 15.3 Å². The van der Waals surface area contributed by atoms with Crippen molar-refractivity contribution in [2.75, 3.05) is 12.4 Å². The zero-order chi connectivity index (χ0) is 15.5. The second kappa shape index (κ2) is 5.69. The number of carbonyl (C=O) groups is 1. The maximum Gasteiger partial charge on any atom is 0.339 e. The number of aromatic carboxylic acids is 1. The third-order valence-corrected chi connectivity index (χ3v) is 3.18. The normalized spacial score (nSPS) is 10.4. The van der Waals surface area contributed by atoms with Gasteiger partial charge in [-0.2, -0.15) is 0 Å². The lowest BCUT2D eigenvalue weighted by Gasteiger charge is -2.10. The van der Waals surface area contributed by atoms with E-state index in [0.717, 1.165) is 5.39 Å². The Labute approximate surface area is 126 Å². The van der Waals surface area contributed by atoms with Crippen molar-refractivity contribution in [2.45, 2.75) is 0 Å². The van der Waals surface area contributed by atoms with Crippen LogP contribution in [0.4, 0.5) is 11.5 Å². The molecule has 0 unspecified atom stereocenters. The first-order valence-corrected chi connectivity index (χ1v) is 6.56. The van der Waals surface area contributed by atoms with Crippen LogP contribution >= 0.6 is 0 Å². The van der Waals surface area contributed by atoms with Crippen molar-refractivity contribution in [1.29, 1.82) is 0 Å². The SMILES string of the molecule is COc1ccc2cc(C(=O)O)c(Nc3cccnc3)nc2c1. The van der Waals surface area contributed by atoms with Gasteiger partial charge in [0.15, 0.2) is 0 Å². The largest absolute Gasteiger partial charge is 0.497 e. The second-order valence-corrected chi connectivity index (χ2v) is 4.62. The average molecular weight is 295 g/mol. The maximum absolute atomic E-state index is 11.5. The molecule has 6 heteroatoms. The van der Waals surface area contributed by atoms with Crippen LogP contribution in [0.15, 0.2) is 48.8 Å². The fourth-order valence-electron chi connectivity index (χ4n) is 2.11. The lowest BCUT2D eigenvalue weighted by atomic mass is 10.1. The molecule has 3 rings (SSSR count). The number of nitrogens with zero attached hydrogens (tertiary/aromatic N) is 2. The molecule has 2 aromatic heterocycles. The first-order chi connectivity index (χ1) is 10.7. The summed E-state index contributed by atoms with van der Waals surface area (Å²) in [6.07, 6.45) is 3.24. The number of carboxylic acids is 1. The van der Waals surface area contributed by atoms with Gasteiger partial charge in [-0.15, -0.1) is 0 Å². The van der Waals surface area contributed by atoms with Crippen LogP contribution in [0.5, 0.6) is 5.75 Å². The summed E-state index contributed by atoms with van der Waals surface area (Å²) in [7, 11) is 1.57. The average Bonchev–Trinajstić information content (AvgIpc) is 2.54. The van der Waals surface area contributed by atoms with Crippen LogP contribution in [0.3, 0.4) is 0 Å². The van der Waals surface area contributed by atoms with Crippen molar-refractivity contribution >= 4 is 28.4 Å². The Kier molecular flexibility index (Phi) is 3.57. The summed E-state index contributed by atoms with van der Waals surface area (Å²) in [4.78, 5) is 19.8. The van der Waals surface area contributed by atoms with Crippen molar-refractivity contribution < 1.29 is 14.6 Å². The number of aromatic nitrogens is 2. The minimum absolute atomic E-state index is 0.0986. The molecule has 0 atom stereocenters. The van der Waals surface area contributed by atoms with E-state index in [0.29, 0.717) is 17.0 Å². The monoisotopic (exact) mass is 295 g/mol. The molecular weight excluding hydrogens is 282 g/mol. The standard InChI is InChI=1S/C16H13N3O3/c1-22-12-5-4-10-7-13(16(20)21)15(19-14(10)8-12)18-11-3-2-6-17-9-11/h2-9H,1H3,(H,18,19)(H,20,21). The molecule has 0 bridgehead atoms. The molecule has 2 N–H and O–H groups in total. The minimum atomic E-state index is -1.04. The number of methoxy groups -OCH3 is 1. The number of hydrogen-bond acceptors (Lipinski definition) is 5. The van der Waals surface area contributed by atoms with Crippen molar-refractivity contribution in [3.8, 4) is 5.75 Å². The van der Waals surface area contributed by atoms with Gasteiger partial charge in [-0.05, 0) is 30.3 Å². The molecule has 0 saturated carbocycles. The third-order valence-electron chi connectivity index (χ3n) is 3.18. The molecule has 0 aliphatic heterocycles. The molecule has 0 saturated heterocycles. The van der Waals surface area contributed by atoms with Crippen LogP contribution in [0.2, 0.25) is 0 Å². The van der Waals surface area contributed by atoms with E-state index < -0.39 is 5.97 Å². The van der Waals surface area contributed by atoms with E-state index >= 15 is 0 Å². The molecule has 1 aromatic carbocycles. The van der Waals surface area contributed by atoms with Gasteiger partial charge >= 0.3 is 5.97 Å². The molecule has 3 aromatic rings. The highest BCUT2D eigenvalue weighted by Gasteiger charge is 2.14. The van der Waals surface area contributed by atoms with Gasteiger partial charge in [-0.1, -0.05) is 0 Å². The number of nitrogens with one attached hydrogen (secondary N) is 1. The Balaban J connectivity index is 2.13. The van der Waals surface area contributed by atoms with Crippen LogP contribution in [0.1, 0.15) is 10.4 Å². The predicted molar refractivity (Wildman–Crippen MR) is 82.8 cm³/mol. The summed E-state index contributed by atoms with van der Waals surface area (Å²) in [6, 6.07) is 10.4. The summed E-state index contributed by atoms with van der Waals surface area (Å²) in [5.74, 6) is -0.117. The number of hydrogen-bond donors (Lipinski definition) is 2. The summed E-state index contributed by atoms with van der Waals surface area (Å²) in [5.41, 5.74) is 1.41. The molecule has 6 nitrogen and oxygen atoms in total. The zero-order valence-electron chi connectivity index (χ0n) is 11.8. The first-order valence-electron chi connectivity index (χ1n) is 6.56. The number of anilines is 2. The summed E-state index contributed by atoms with van der Waals surface area (Å²) < 4.78 is 5.17. The summed E-state index contributed by atoms with van der Waals surface area (Å²) in [5, 5.41) is 13.1. The lowest BCUT2D eigenvalue weighted by molar-refractivity contribution is 0.0698. The van der Waals surface area contributed by atoms with E-state index in [-0.39, 0.29) is 11.4 Å². The lowest BCUT2D eigenvalue weighted by Crippen LogP contribution is -2.05. The van der Waals surface area contributed by atoms with E-state index in [1.807, 2.05) is 0 Å². The highest BCUT2D eigenvalue weighted by Crippen LogP contribution is 2.26. The smallest absolute Gasteiger partial charge is 0.339 e. The fraction of sp³-hybridized carbons (Fsp3) is 0.0625. The molecule has 22 heavy (non-hydrogen) atoms. The number of benzene rings is 1. The quantitative estimate of drug-likeness (QED) is 0.769. The van der Waals surface area contributed by atoms with E-state index in [1.54, 1.807) is 55.9 Å². The molecule has 0 spiro atoms. The third kappa shape index (κ3) is 2.67. The van der Waals surface area contributed by atoms with Gasteiger partial charge in [-0.3, -0.25) is 4.98 Å². The Hall–Kier alpha value is -3.15. The topological polar surface area (TPSA) is 84.3 Å². The highest BCUT2D eigenvalue weighted by atomic mass is 16.5. The number of rotatable bonds is 4. The molecule has 2 heterocycles. The van der Waals surface area contributed by atoms with Crippen LogP contribution < -0.4 is 10.1 Å². The van der Waals surface area contributed by atoms with Gasteiger partial charge < -0.3 is 15.2 Å². The van der Waals surface area contributed by atoms with Crippen molar-refractivity contribution in [3.05, 3.63) is 54.4 Å². The van der Waals surface area contributed by atoms with Gasteiger partial charge in [0.05, 0.1) is 24.5 Å². The van der Waals surface area contributed by atoms with Crippen molar-refractivity contribution in [1.82, 2.24) is 9.97 Å².